The SMILES string of the molecule is COc1ccc(-c2coc3cc(OC)c(/C(C)=C/C(=O)Nc4ccc(F)cc4F)cc23)cc1OC. The van der Waals surface area contributed by atoms with Crippen molar-refractivity contribution >= 4 is 28.1 Å². The Balaban J connectivity index is 1.72. The molecule has 1 N–H and O–H groups in total. The summed E-state index contributed by atoms with van der Waals surface area (Å²) in [4.78, 5) is 12.5. The molecule has 0 aliphatic rings. The average Bonchev–Trinajstić information content (AvgIpc) is 3.27. The number of carbonyl (C=O) groups is 1. The van der Waals surface area contributed by atoms with Gasteiger partial charge in [0, 0.05) is 34.7 Å². The Bertz CT molecular complexity index is 1440. The van der Waals surface area contributed by atoms with Gasteiger partial charge in [0.25, 0.3) is 0 Å². The first-order valence-electron chi connectivity index (χ1n) is 10.6. The molecule has 0 saturated heterocycles. The second kappa shape index (κ2) is 9.89. The van der Waals surface area contributed by atoms with Crippen molar-refractivity contribution in [2.45, 2.75) is 6.92 Å². The lowest BCUT2D eigenvalue weighted by Gasteiger charge is -2.11. The number of furan rings is 1. The van der Waals surface area contributed by atoms with E-state index in [1.165, 1.54) is 19.3 Å². The monoisotopic (exact) mass is 479 g/mol. The van der Waals surface area contributed by atoms with E-state index < -0.39 is 17.5 Å². The highest BCUT2D eigenvalue weighted by atomic mass is 19.1. The third kappa shape index (κ3) is 4.82. The highest BCUT2D eigenvalue weighted by molar-refractivity contribution is 6.05. The van der Waals surface area contributed by atoms with Gasteiger partial charge >= 0.3 is 0 Å². The molecule has 6 nitrogen and oxygen atoms in total. The second-order valence-corrected chi connectivity index (χ2v) is 7.71. The molecule has 35 heavy (non-hydrogen) atoms. The topological polar surface area (TPSA) is 69.9 Å². The molecule has 0 aliphatic carbocycles. The minimum Gasteiger partial charge on any atom is -0.496 e. The Morgan fingerprint density at radius 1 is 0.914 bits per heavy atom. The Hall–Kier alpha value is -4.33. The summed E-state index contributed by atoms with van der Waals surface area (Å²) in [5.41, 5.74) is 3.37. The van der Waals surface area contributed by atoms with Gasteiger partial charge in [0.05, 0.1) is 33.3 Å². The molecule has 0 atom stereocenters. The molecular weight excluding hydrogens is 456 g/mol. The fraction of sp³-hybridized carbons (Fsp3) is 0.148. The molecule has 4 aromatic rings. The van der Waals surface area contributed by atoms with Crippen molar-refractivity contribution in [1.82, 2.24) is 0 Å². The molecule has 0 bridgehead atoms. The predicted molar refractivity (Wildman–Crippen MR) is 130 cm³/mol. The van der Waals surface area contributed by atoms with Crippen LogP contribution in [0, 0.1) is 11.6 Å². The van der Waals surface area contributed by atoms with E-state index in [0.29, 0.717) is 40.0 Å². The molecule has 1 aromatic heterocycles. The minimum absolute atomic E-state index is 0.117. The van der Waals surface area contributed by atoms with Crippen LogP contribution in [-0.2, 0) is 4.79 Å². The zero-order valence-corrected chi connectivity index (χ0v) is 19.6. The number of halogens is 2. The maximum atomic E-state index is 13.9. The van der Waals surface area contributed by atoms with Gasteiger partial charge in [-0.2, -0.15) is 0 Å². The van der Waals surface area contributed by atoms with Crippen LogP contribution in [0.15, 0.2) is 65.3 Å². The van der Waals surface area contributed by atoms with Crippen molar-refractivity contribution in [1.29, 1.82) is 0 Å². The number of nitrogens with one attached hydrogen (secondary N) is 1. The smallest absolute Gasteiger partial charge is 0.248 e. The molecule has 180 valence electrons. The normalized spacial score (nSPS) is 11.4. The van der Waals surface area contributed by atoms with Crippen LogP contribution in [0.1, 0.15) is 12.5 Å². The number of anilines is 1. The van der Waals surface area contributed by atoms with Crippen molar-refractivity contribution in [3.8, 4) is 28.4 Å². The first-order chi connectivity index (χ1) is 16.8. The molecule has 0 unspecified atom stereocenters. The lowest BCUT2D eigenvalue weighted by atomic mass is 9.99. The first kappa shape index (κ1) is 23.8. The molecule has 0 fully saturated rings. The van der Waals surface area contributed by atoms with E-state index >= 15 is 0 Å². The maximum absolute atomic E-state index is 13.9. The van der Waals surface area contributed by atoms with Crippen molar-refractivity contribution in [2.75, 3.05) is 26.6 Å². The Morgan fingerprint density at radius 3 is 2.34 bits per heavy atom. The van der Waals surface area contributed by atoms with E-state index in [2.05, 4.69) is 5.32 Å². The quantitative estimate of drug-likeness (QED) is 0.309. The fourth-order valence-electron chi connectivity index (χ4n) is 3.79. The zero-order chi connectivity index (χ0) is 25.1. The maximum Gasteiger partial charge on any atom is 0.248 e. The highest BCUT2D eigenvalue weighted by Gasteiger charge is 2.17. The summed E-state index contributed by atoms with van der Waals surface area (Å²) in [5, 5.41) is 3.22. The molecular formula is C27H23F2NO5. The van der Waals surface area contributed by atoms with E-state index in [0.717, 1.165) is 22.6 Å². The number of methoxy groups -OCH3 is 3. The molecule has 8 heteroatoms. The summed E-state index contributed by atoms with van der Waals surface area (Å²) in [6.07, 6.45) is 2.96. The summed E-state index contributed by atoms with van der Waals surface area (Å²) in [6.45, 7) is 1.74. The van der Waals surface area contributed by atoms with Gasteiger partial charge in [-0.3, -0.25) is 4.79 Å². The van der Waals surface area contributed by atoms with Crippen LogP contribution in [0.2, 0.25) is 0 Å². The van der Waals surface area contributed by atoms with Crippen LogP contribution in [0.4, 0.5) is 14.5 Å². The minimum atomic E-state index is -0.860. The van der Waals surface area contributed by atoms with E-state index in [4.69, 9.17) is 18.6 Å². The third-order valence-electron chi connectivity index (χ3n) is 5.55. The van der Waals surface area contributed by atoms with Crippen LogP contribution in [0.25, 0.3) is 27.7 Å². The highest BCUT2D eigenvalue weighted by Crippen LogP contribution is 2.39. The standard InChI is InChI=1S/C27H23F2NO5/c1-15(9-27(31)30-22-7-6-17(28)11-21(22)29)18-12-19-20(14-35-25(19)13-24(18)33-3)16-5-8-23(32-2)26(10-16)34-4/h5-14H,1-4H3,(H,30,31)/b15-9+. The first-order valence-corrected chi connectivity index (χ1v) is 10.6. The number of hydrogen-bond donors (Lipinski definition) is 1. The number of fused-ring (bicyclic) bond motifs is 1. The van der Waals surface area contributed by atoms with Crippen molar-refractivity contribution in [2.24, 2.45) is 0 Å². The summed E-state index contributed by atoms with van der Waals surface area (Å²) >= 11 is 0. The molecule has 3 aromatic carbocycles. The summed E-state index contributed by atoms with van der Waals surface area (Å²) in [7, 11) is 4.65. The molecule has 0 aliphatic heterocycles. The van der Waals surface area contributed by atoms with Crippen molar-refractivity contribution in [3.63, 3.8) is 0 Å². The largest absolute Gasteiger partial charge is 0.496 e. The Morgan fingerprint density at radius 2 is 1.66 bits per heavy atom. The number of amides is 1. The van der Waals surface area contributed by atoms with Crippen molar-refractivity contribution in [3.05, 3.63) is 78.1 Å². The lowest BCUT2D eigenvalue weighted by molar-refractivity contribution is -0.111. The van der Waals surface area contributed by atoms with Gasteiger partial charge < -0.3 is 23.9 Å². The number of ether oxygens (including phenoxy) is 3. The van der Waals surface area contributed by atoms with Crippen LogP contribution in [-0.4, -0.2) is 27.2 Å². The van der Waals surface area contributed by atoms with Crippen molar-refractivity contribution < 1.29 is 32.2 Å². The van der Waals surface area contributed by atoms with E-state index in [9.17, 15) is 13.6 Å². The molecule has 0 radical (unpaired) electrons. The number of allylic oxidation sites excluding steroid dienone is 1. The Kier molecular flexibility index (Phi) is 6.73. The van der Waals surface area contributed by atoms with Gasteiger partial charge in [-0.05, 0) is 48.4 Å². The third-order valence-corrected chi connectivity index (χ3v) is 5.55. The second-order valence-electron chi connectivity index (χ2n) is 7.71. The van der Waals surface area contributed by atoms with Gasteiger partial charge in [0.2, 0.25) is 5.91 Å². The van der Waals surface area contributed by atoms with Gasteiger partial charge in [-0.1, -0.05) is 6.07 Å². The number of hydrogen-bond acceptors (Lipinski definition) is 5. The van der Waals surface area contributed by atoms with Gasteiger partial charge in [-0.15, -0.1) is 0 Å². The van der Waals surface area contributed by atoms with Crippen LogP contribution in [0.3, 0.4) is 0 Å². The Labute approximate surface area is 200 Å². The van der Waals surface area contributed by atoms with E-state index in [1.807, 2.05) is 24.3 Å². The fourth-order valence-corrected chi connectivity index (χ4v) is 3.79. The van der Waals surface area contributed by atoms with Gasteiger partial charge in [0.15, 0.2) is 11.5 Å². The molecule has 0 spiro atoms. The molecule has 1 amide bonds. The number of carbonyl (C=O) groups excluding carboxylic acids is 1. The summed E-state index contributed by atoms with van der Waals surface area (Å²) in [6, 6.07) is 12.1. The predicted octanol–water partition coefficient (Wildman–Crippen LogP) is 6.45. The van der Waals surface area contributed by atoms with Crippen LogP contribution in [0.5, 0.6) is 17.2 Å². The lowest BCUT2D eigenvalue weighted by Crippen LogP contribution is -2.10. The van der Waals surface area contributed by atoms with E-state index in [1.54, 1.807) is 33.5 Å². The average molecular weight is 479 g/mol. The molecule has 4 rings (SSSR count). The number of rotatable bonds is 7. The van der Waals surface area contributed by atoms with Gasteiger partial charge in [0.1, 0.15) is 23.0 Å². The molecule has 0 saturated carbocycles. The van der Waals surface area contributed by atoms with Crippen LogP contribution >= 0.6 is 0 Å². The summed E-state index contributed by atoms with van der Waals surface area (Å²) < 4.78 is 49.1. The van der Waals surface area contributed by atoms with Gasteiger partial charge in [-0.25, -0.2) is 8.78 Å². The van der Waals surface area contributed by atoms with E-state index in [-0.39, 0.29) is 5.69 Å². The number of benzene rings is 3. The zero-order valence-electron chi connectivity index (χ0n) is 19.6. The molecule has 1 heterocycles. The van der Waals surface area contributed by atoms with Crippen LogP contribution < -0.4 is 19.5 Å². The summed E-state index contributed by atoms with van der Waals surface area (Å²) in [5.74, 6) is -0.470.